The van der Waals surface area contributed by atoms with Crippen LogP contribution in [0.1, 0.15) is 41.5 Å². The van der Waals surface area contributed by atoms with E-state index in [1.165, 1.54) is 31.5 Å². The van der Waals surface area contributed by atoms with Gasteiger partial charge in [-0.2, -0.15) is 0 Å². The zero-order chi connectivity index (χ0) is 20.2. The summed E-state index contributed by atoms with van der Waals surface area (Å²) in [6.07, 6.45) is 1.02. The van der Waals surface area contributed by atoms with E-state index in [0.717, 1.165) is 6.07 Å². The highest BCUT2D eigenvalue weighted by molar-refractivity contribution is 5.98. The summed E-state index contributed by atoms with van der Waals surface area (Å²) < 4.78 is 24.2. The number of hydrogen-bond donors (Lipinski definition) is 1. The van der Waals surface area contributed by atoms with Crippen molar-refractivity contribution >= 4 is 24.0 Å². The van der Waals surface area contributed by atoms with E-state index in [1.807, 2.05) is 0 Å². The number of benzene rings is 1. The van der Waals surface area contributed by atoms with E-state index in [0.29, 0.717) is 6.29 Å². The number of anilines is 1. The van der Waals surface area contributed by atoms with Crippen LogP contribution in [0, 0.1) is 5.82 Å². The van der Waals surface area contributed by atoms with Gasteiger partial charge in [-0.1, -0.05) is 0 Å². The first-order valence-electron chi connectivity index (χ1n) is 7.98. The fraction of sp³-hybridized carbons (Fsp3) is 0.263. The Morgan fingerprint density at radius 3 is 2.48 bits per heavy atom. The quantitative estimate of drug-likeness (QED) is 0.645. The molecule has 2 rings (SSSR count). The molecule has 0 aliphatic heterocycles. The number of carbonyl (C=O) groups excluding carboxylic acids is 3. The van der Waals surface area contributed by atoms with Crippen LogP contribution in [0.5, 0.6) is 0 Å². The van der Waals surface area contributed by atoms with Gasteiger partial charge in [-0.3, -0.25) is 15.1 Å². The minimum atomic E-state index is -0.761. The van der Waals surface area contributed by atoms with Crippen LogP contribution in [0.4, 0.5) is 14.9 Å². The summed E-state index contributed by atoms with van der Waals surface area (Å²) in [6, 6.07) is 5.06. The van der Waals surface area contributed by atoms with Crippen molar-refractivity contribution in [2.24, 2.45) is 0 Å². The lowest BCUT2D eigenvalue weighted by Crippen LogP contribution is -2.27. The molecule has 0 aliphatic rings. The van der Waals surface area contributed by atoms with Crippen LogP contribution >= 0.6 is 0 Å². The number of amides is 1. The molecule has 2 aromatic rings. The second kappa shape index (κ2) is 7.94. The Hall–Kier alpha value is -3.29. The van der Waals surface area contributed by atoms with Crippen LogP contribution in [0.25, 0.3) is 11.3 Å². The fourth-order valence-electron chi connectivity index (χ4n) is 2.28. The van der Waals surface area contributed by atoms with E-state index in [9.17, 15) is 18.8 Å². The van der Waals surface area contributed by atoms with Crippen molar-refractivity contribution in [3.8, 4) is 11.3 Å². The number of esters is 1. The van der Waals surface area contributed by atoms with Gasteiger partial charge in [-0.25, -0.2) is 14.0 Å². The molecule has 0 bridgehead atoms. The van der Waals surface area contributed by atoms with Gasteiger partial charge in [0.15, 0.2) is 6.29 Å². The maximum absolute atomic E-state index is 14.5. The molecule has 1 aromatic heterocycles. The van der Waals surface area contributed by atoms with Crippen molar-refractivity contribution in [2.75, 3.05) is 12.4 Å². The lowest BCUT2D eigenvalue weighted by Gasteiger charge is -2.20. The zero-order valence-corrected chi connectivity index (χ0v) is 15.3. The molecule has 0 spiro atoms. The number of methoxy groups -OCH3 is 1. The first-order chi connectivity index (χ1) is 12.7. The molecule has 0 atom stereocenters. The Morgan fingerprint density at radius 2 is 1.93 bits per heavy atom. The lowest BCUT2D eigenvalue weighted by molar-refractivity contribution is 0.0597. The second-order valence-electron chi connectivity index (χ2n) is 6.55. The monoisotopic (exact) mass is 374 g/mol. The number of aromatic nitrogens is 1. The summed E-state index contributed by atoms with van der Waals surface area (Å²) in [7, 11) is 1.19. The number of aldehydes is 1. The summed E-state index contributed by atoms with van der Waals surface area (Å²) in [6.45, 7) is 5.09. The summed E-state index contributed by atoms with van der Waals surface area (Å²) in [5.74, 6) is -1.45. The van der Waals surface area contributed by atoms with E-state index >= 15 is 0 Å². The average molecular weight is 374 g/mol. The number of pyridine rings is 1. The summed E-state index contributed by atoms with van der Waals surface area (Å²) in [5, 5.41) is 2.46. The molecule has 1 amide bonds. The van der Waals surface area contributed by atoms with Crippen molar-refractivity contribution in [3.05, 3.63) is 47.4 Å². The molecule has 142 valence electrons. The third kappa shape index (κ3) is 4.87. The van der Waals surface area contributed by atoms with Crippen molar-refractivity contribution in [3.63, 3.8) is 0 Å². The molecule has 8 heteroatoms. The Balaban J connectivity index is 2.43. The molecular formula is C19H19FN2O5. The smallest absolute Gasteiger partial charge is 0.412 e. The predicted molar refractivity (Wildman–Crippen MR) is 96.2 cm³/mol. The van der Waals surface area contributed by atoms with Gasteiger partial charge in [0.05, 0.1) is 29.6 Å². The minimum absolute atomic E-state index is 0.00223. The standard InChI is InChI=1S/C19H19FN2O5/c1-19(2,3)27-18(25)22-15-7-8-21-16(13(15)10-23)12-6-5-11(9-14(12)20)17(24)26-4/h5-10H,1-4H3,(H,21,22,25). The summed E-state index contributed by atoms with van der Waals surface area (Å²) in [4.78, 5) is 39.1. The first kappa shape index (κ1) is 20.0. The number of nitrogens with one attached hydrogen (secondary N) is 1. The van der Waals surface area contributed by atoms with Crippen LogP contribution < -0.4 is 5.32 Å². The number of nitrogens with zero attached hydrogens (tertiary/aromatic N) is 1. The Labute approximate surface area is 155 Å². The third-order valence-corrected chi connectivity index (χ3v) is 3.39. The summed E-state index contributed by atoms with van der Waals surface area (Å²) >= 11 is 0. The van der Waals surface area contributed by atoms with Gasteiger partial charge < -0.3 is 9.47 Å². The van der Waals surface area contributed by atoms with E-state index < -0.39 is 23.5 Å². The molecule has 27 heavy (non-hydrogen) atoms. The Kier molecular flexibility index (Phi) is 5.89. The molecule has 7 nitrogen and oxygen atoms in total. The van der Waals surface area contributed by atoms with Crippen molar-refractivity contribution in [1.29, 1.82) is 0 Å². The topological polar surface area (TPSA) is 94.6 Å². The third-order valence-electron chi connectivity index (χ3n) is 3.39. The highest BCUT2D eigenvalue weighted by Gasteiger charge is 2.20. The molecule has 0 aliphatic carbocycles. The van der Waals surface area contributed by atoms with Crippen LogP contribution in [0.3, 0.4) is 0 Å². The molecule has 1 heterocycles. The largest absolute Gasteiger partial charge is 0.465 e. The number of halogens is 1. The zero-order valence-electron chi connectivity index (χ0n) is 15.3. The maximum Gasteiger partial charge on any atom is 0.412 e. The molecule has 0 fully saturated rings. The number of hydrogen-bond acceptors (Lipinski definition) is 6. The molecule has 0 unspecified atom stereocenters. The number of rotatable bonds is 4. The first-order valence-corrected chi connectivity index (χ1v) is 7.98. The molecule has 1 aromatic carbocycles. The van der Waals surface area contributed by atoms with Crippen LogP contribution in [-0.4, -0.2) is 36.0 Å². The number of ether oxygens (including phenoxy) is 2. The van der Waals surface area contributed by atoms with Crippen LogP contribution in [0.15, 0.2) is 30.5 Å². The lowest BCUT2D eigenvalue weighted by atomic mass is 10.0. The van der Waals surface area contributed by atoms with Gasteiger partial charge in [0, 0.05) is 11.8 Å². The van der Waals surface area contributed by atoms with Crippen molar-refractivity contribution in [2.45, 2.75) is 26.4 Å². The van der Waals surface area contributed by atoms with Gasteiger partial charge in [-0.15, -0.1) is 0 Å². The minimum Gasteiger partial charge on any atom is -0.465 e. The number of carbonyl (C=O) groups is 3. The average Bonchev–Trinajstić information content (AvgIpc) is 2.59. The van der Waals surface area contributed by atoms with E-state index in [4.69, 9.17) is 4.74 Å². The van der Waals surface area contributed by atoms with Gasteiger partial charge in [-0.05, 0) is 45.0 Å². The fourth-order valence-corrected chi connectivity index (χ4v) is 2.28. The molecule has 0 saturated carbocycles. The molecule has 0 radical (unpaired) electrons. The second-order valence-corrected chi connectivity index (χ2v) is 6.55. The SMILES string of the molecule is COC(=O)c1ccc(-c2nccc(NC(=O)OC(C)(C)C)c2C=O)c(F)c1. The van der Waals surface area contributed by atoms with Gasteiger partial charge in [0.25, 0.3) is 0 Å². The van der Waals surface area contributed by atoms with E-state index in [-0.39, 0.29) is 28.1 Å². The van der Waals surface area contributed by atoms with Crippen LogP contribution in [-0.2, 0) is 9.47 Å². The van der Waals surface area contributed by atoms with E-state index in [2.05, 4.69) is 15.0 Å². The Morgan fingerprint density at radius 1 is 1.22 bits per heavy atom. The summed E-state index contributed by atoms with van der Waals surface area (Å²) in [5.41, 5.74) is -0.579. The predicted octanol–water partition coefficient (Wildman–Crippen LogP) is 3.83. The molecule has 1 N–H and O–H groups in total. The Bertz CT molecular complexity index is 890. The molecule has 0 saturated heterocycles. The van der Waals surface area contributed by atoms with Gasteiger partial charge >= 0.3 is 12.1 Å². The van der Waals surface area contributed by atoms with Crippen LogP contribution in [0.2, 0.25) is 0 Å². The maximum atomic E-state index is 14.5. The highest BCUT2D eigenvalue weighted by atomic mass is 19.1. The van der Waals surface area contributed by atoms with Crippen molar-refractivity contribution < 1.29 is 28.2 Å². The normalized spacial score (nSPS) is 10.9. The highest BCUT2D eigenvalue weighted by Crippen LogP contribution is 2.29. The van der Waals surface area contributed by atoms with E-state index in [1.54, 1.807) is 20.8 Å². The molecular weight excluding hydrogens is 355 g/mol. The van der Waals surface area contributed by atoms with Crippen molar-refractivity contribution in [1.82, 2.24) is 4.98 Å². The van der Waals surface area contributed by atoms with Gasteiger partial charge in [0.1, 0.15) is 11.4 Å². The van der Waals surface area contributed by atoms with Gasteiger partial charge in [0.2, 0.25) is 0 Å².